The van der Waals surface area contributed by atoms with E-state index in [1.165, 1.54) is 6.42 Å². The molecule has 2 aromatic heterocycles. The Labute approximate surface area is 147 Å². The maximum absolute atomic E-state index is 4.81. The van der Waals surface area contributed by atoms with E-state index in [4.69, 9.17) is 4.98 Å². The van der Waals surface area contributed by atoms with Crippen molar-refractivity contribution in [1.29, 1.82) is 0 Å². The number of aryl methyl sites for hydroxylation is 2. The highest BCUT2D eigenvalue weighted by Gasteiger charge is 2.27. The van der Waals surface area contributed by atoms with E-state index in [2.05, 4.69) is 20.0 Å². The van der Waals surface area contributed by atoms with Gasteiger partial charge >= 0.3 is 0 Å². The molecule has 128 valence electrons. The first-order chi connectivity index (χ1) is 12.2. The Morgan fingerprint density at radius 2 is 1.92 bits per heavy atom. The quantitative estimate of drug-likeness (QED) is 0.734. The summed E-state index contributed by atoms with van der Waals surface area (Å²) in [5, 5.41) is 4.51. The van der Waals surface area contributed by atoms with Crippen molar-refractivity contribution < 1.29 is 0 Å². The molecule has 1 atom stereocenters. The van der Waals surface area contributed by atoms with E-state index >= 15 is 0 Å². The molecule has 1 unspecified atom stereocenters. The van der Waals surface area contributed by atoms with Crippen LogP contribution in [0.15, 0.2) is 42.6 Å². The summed E-state index contributed by atoms with van der Waals surface area (Å²) < 4.78 is 2.01. The van der Waals surface area contributed by atoms with Gasteiger partial charge in [-0.25, -0.2) is 19.6 Å². The van der Waals surface area contributed by atoms with Crippen LogP contribution in [0.2, 0.25) is 0 Å². The summed E-state index contributed by atoms with van der Waals surface area (Å²) >= 11 is 0. The van der Waals surface area contributed by atoms with Gasteiger partial charge in [-0.05, 0) is 32.8 Å². The first-order valence-electron chi connectivity index (χ1n) is 8.74. The van der Waals surface area contributed by atoms with Crippen molar-refractivity contribution >= 4 is 5.82 Å². The lowest BCUT2D eigenvalue weighted by molar-refractivity contribution is 0.495. The van der Waals surface area contributed by atoms with Gasteiger partial charge in [0.1, 0.15) is 17.5 Å². The second-order valence-electron chi connectivity index (χ2n) is 6.48. The zero-order valence-electron chi connectivity index (χ0n) is 14.6. The molecule has 0 spiro atoms. The molecule has 0 bridgehead atoms. The van der Waals surface area contributed by atoms with E-state index in [1.54, 1.807) is 0 Å². The number of aromatic nitrogens is 5. The largest absolute Gasteiger partial charge is 0.352 e. The zero-order chi connectivity index (χ0) is 17.2. The van der Waals surface area contributed by atoms with E-state index in [9.17, 15) is 0 Å². The van der Waals surface area contributed by atoms with Crippen molar-refractivity contribution in [1.82, 2.24) is 24.7 Å². The zero-order valence-corrected chi connectivity index (χ0v) is 14.6. The van der Waals surface area contributed by atoms with Crippen LogP contribution in [0.5, 0.6) is 0 Å². The van der Waals surface area contributed by atoms with Gasteiger partial charge < -0.3 is 4.90 Å². The molecule has 3 aromatic rings. The van der Waals surface area contributed by atoms with Crippen molar-refractivity contribution in [2.24, 2.45) is 0 Å². The Kier molecular flexibility index (Phi) is 4.17. The van der Waals surface area contributed by atoms with Crippen LogP contribution in [-0.2, 0) is 6.54 Å². The smallest absolute Gasteiger partial charge is 0.161 e. The Hall–Kier alpha value is -2.76. The molecule has 1 aliphatic heterocycles. The Morgan fingerprint density at radius 3 is 2.68 bits per heavy atom. The lowest BCUT2D eigenvalue weighted by Gasteiger charge is -2.26. The van der Waals surface area contributed by atoms with Gasteiger partial charge in [0.05, 0.1) is 12.6 Å². The highest BCUT2D eigenvalue weighted by atomic mass is 15.4. The van der Waals surface area contributed by atoms with Crippen LogP contribution in [0.4, 0.5) is 5.82 Å². The Morgan fingerprint density at radius 1 is 1.08 bits per heavy atom. The predicted molar refractivity (Wildman–Crippen MR) is 97.3 cm³/mol. The van der Waals surface area contributed by atoms with E-state index in [0.29, 0.717) is 6.04 Å². The molecule has 1 fully saturated rings. The fourth-order valence-corrected chi connectivity index (χ4v) is 3.50. The maximum Gasteiger partial charge on any atom is 0.161 e. The second kappa shape index (κ2) is 6.63. The van der Waals surface area contributed by atoms with E-state index in [0.717, 1.165) is 48.4 Å². The third-order valence-electron chi connectivity index (χ3n) is 4.69. The van der Waals surface area contributed by atoms with Crippen molar-refractivity contribution in [3.8, 4) is 11.4 Å². The third kappa shape index (κ3) is 3.24. The van der Waals surface area contributed by atoms with Crippen molar-refractivity contribution in [2.75, 3.05) is 11.4 Å². The van der Waals surface area contributed by atoms with Crippen LogP contribution in [0.3, 0.4) is 0 Å². The van der Waals surface area contributed by atoms with Gasteiger partial charge in [-0.2, -0.15) is 5.10 Å². The summed E-state index contributed by atoms with van der Waals surface area (Å²) in [6.45, 7) is 5.81. The van der Waals surface area contributed by atoms with Crippen LogP contribution < -0.4 is 4.90 Å². The third-order valence-corrected chi connectivity index (χ3v) is 4.69. The van der Waals surface area contributed by atoms with Gasteiger partial charge in [-0.1, -0.05) is 30.3 Å². The van der Waals surface area contributed by atoms with E-state index in [-0.39, 0.29) is 0 Å². The van der Waals surface area contributed by atoms with E-state index < -0.39 is 0 Å². The van der Waals surface area contributed by atoms with Gasteiger partial charge in [-0.3, -0.25) is 0 Å². The Bertz CT molecular complexity index is 857. The minimum atomic E-state index is 0.387. The maximum atomic E-state index is 4.81. The number of nitrogens with zero attached hydrogens (tertiary/aromatic N) is 6. The summed E-state index contributed by atoms with van der Waals surface area (Å²) in [7, 11) is 0. The van der Waals surface area contributed by atoms with Gasteiger partial charge in [0, 0.05) is 18.3 Å². The van der Waals surface area contributed by atoms with Gasteiger partial charge in [-0.15, -0.1) is 0 Å². The van der Waals surface area contributed by atoms with Gasteiger partial charge in [0.25, 0.3) is 0 Å². The molecule has 6 nitrogen and oxygen atoms in total. The van der Waals surface area contributed by atoms with Crippen molar-refractivity contribution in [3.05, 3.63) is 54.2 Å². The summed E-state index contributed by atoms with van der Waals surface area (Å²) in [5.41, 5.74) is 1.04. The van der Waals surface area contributed by atoms with Crippen molar-refractivity contribution in [3.63, 3.8) is 0 Å². The van der Waals surface area contributed by atoms with Gasteiger partial charge in [0.15, 0.2) is 5.82 Å². The van der Waals surface area contributed by atoms with Crippen LogP contribution >= 0.6 is 0 Å². The SMILES string of the molecule is Cc1nc(C)n(CC2CCCN2c2ccnc(-c3ccccc3)n2)n1. The number of hydrogen-bond donors (Lipinski definition) is 0. The number of anilines is 1. The molecule has 1 aliphatic rings. The number of rotatable bonds is 4. The summed E-state index contributed by atoms with van der Waals surface area (Å²) in [5.74, 6) is 3.56. The molecule has 0 N–H and O–H groups in total. The molecule has 1 aromatic carbocycles. The second-order valence-corrected chi connectivity index (χ2v) is 6.48. The first kappa shape index (κ1) is 15.7. The molecule has 0 saturated carbocycles. The molecular formula is C19H22N6. The average Bonchev–Trinajstić information content (AvgIpc) is 3.22. The van der Waals surface area contributed by atoms with Crippen molar-refractivity contribution in [2.45, 2.75) is 39.3 Å². The highest BCUT2D eigenvalue weighted by molar-refractivity contribution is 5.57. The molecule has 0 radical (unpaired) electrons. The Balaban J connectivity index is 1.59. The average molecular weight is 334 g/mol. The fourth-order valence-electron chi connectivity index (χ4n) is 3.50. The molecule has 3 heterocycles. The first-order valence-corrected chi connectivity index (χ1v) is 8.74. The van der Waals surface area contributed by atoms with Crippen LogP contribution in [0.1, 0.15) is 24.5 Å². The fraction of sp³-hybridized carbons (Fsp3) is 0.368. The summed E-state index contributed by atoms with van der Waals surface area (Å²) in [6.07, 6.45) is 4.16. The van der Waals surface area contributed by atoms with Crippen LogP contribution in [0.25, 0.3) is 11.4 Å². The molecular weight excluding hydrogens is 312 g/mol. The van der Waals surface area contributed by atoms with Gasteiger partial charge in [0.2, 0.25) is 0 Å². The highest BCUT2D eigenvalue weighted by Crippen LogP contribution is 2.26. The predicted octanol–water partition coefficient (Wildman–Crippen LogP) is 3.02. The minimum Gasteiger partial charge on any atom is -0.352 e. The monoisotopic (exact) mass is 334 g/mol. The molecule has 25 heavy (non-hydrogen) atoms. The standard InChI is InChI=1S/C19H22N6/c1-14-21-15(2)25(23-14)13-17-9-6-12-24(17)18-10-11-20-19(22-18)16-7-4-3-5-8-16/h3-5,7-8,10-11,17H,6,9,12-13H2,1-2H3. The molecule has 1 saturated heterocycles. The van der Waals surface area contributed by atoms with E-state index in [1.807, 2.05) is 61.1 Å². The normalized spacial score (nSPS) is 17.2. The molecule has 6 heteroatoms. The lowest BCUT2D eigenvalue weighted by Crippen LogP contribution is -2.34. The lowest BCUT2D eigenvalue weighted by atomic mass is 10.2. The summed E-state index contributed by atoms with van der Waals surface area (Å²) in [6, 6.07) is 12.5. The number of benzene rings is 1. The topological polar surface area (TPSA) is 59.7 Å². The number of hydrogen-bond acceptors (Lipinski definition) is 5. The molecule has 0 amide bonds. The summed E-state index contributed by atoms with van der Waals surface area (Å²) in [4.78, 5) is 16.0. The molecule has 0 aliphatic carbocycles. The van der Waals surface area contributed by atoms with Crippen LogP contribution in [0, 0.1) is 13.8 Å². The minimum absolute atomic E-state index is 0.387. The van der Waals surface area contributed by atoms with Crippen LogP contribution in [-0.4, -0.2) is 37.3 Å². The molecule has 4 rings (SSSR count).